The Kier molecular flexibility index (Phi) is 6.88. The molecule has 0 radical (unpaired) electrons. The molecule has 0 unspecified atom stereocenters. The van der Waals surface area contributed by atoms with Crippen molar-refractivity contribution >= 4 is 18.6 Å². The van der Waals surface area contributed by atoms with E-state index in [0.717, 1.165) is 10.4 Å². The van der Waals surface area contributed by atoms with Crippen molar-refractivity contribution in [3.8, 4) is 0 Å². The summed E-state index contributed by atoms with van der Waals surface area (Å²) >= 11 is 0. The molecule has 0 rings (SSSR count). The number of hydrogen-bond acceptors (Lipinski definition) is 1. The monoisotopic (exact) mass is 143 g/mol. The fourth-order valence-electron chi connectivity index (χ4n) is 0. The molecule has 1 N–H and O–H groups in total. The van der Waals surface area contributed by atoms with Gasteiger partial charge in [-0.25, -0.2) is 0 Å². The van der Waals surface area contributed by atoms with E-state index in [1.165, 1.54) is 0 Å². The molecule has 0 aromatic carbocycles. The van der Waals surface area contributed by atoms with Crippen LogP contribution in [0.2, 0.25) is 19.6 Å². The Bertz CT molecular complexity index is 47.0. The van der Waals surface area contributed by atoms with Crippen LogP contribution in [-0.4, -0.2) is 18.6 Å². The van der Waals surface area contributed by atoms with Crippen LogP contribution in [0.25, 0.3) is 0 Å². The second-order valence-electron chi connectivity index (χ2n) is 2.50. The summed E-state index contributed by atoms with van der Waals surface area (Å²) in [7, 11) is 0.340. The van der Waals surface area contributed by atoms with Crippen LogP contribution in [0.15, 0.2) is 0 Å². The molecular formula is C3H14NNaSi2. The van der Waals surface area contributed by atoms with E-state index < -0.39 is 8.24 Å². The molecule has 0 aliphatic heterocycles. The van der Waals surface area contributed by atoms with Crippen molar-refractivity contribution in [3.05, 3.63) is 0 Å². The second kappa shape index (κ2) is 4.29. The van der Waals surface area contributed by atoms with E-state index in [0.29, 0.717) is 0 Å². The van der Waals surface area contributed by atoms with Crippen molar-refractivity contribution in [2.24, 2.45) is 0 Å². The summed E-state index contributed by atoms with van der Waals surface area (Å²) in [5, 5.41) is 0. The number of hydrogen-bond donors (Lipinski definition) is 1. The molecule has 40 valence electrons. The smallest absolute Gasteiger partial charge is 1.00 e. The Hall–Kier alpha value is 1.39. The van der Waals surface area contributed by atoms with E-state index >= 15 is 0 Å². The van der Waals surface area contributed by atoms with E-state index in [2.05, 4.69) is 24.3 Å². The van der Waals surface area contributed by atoms with E-state index in [9.17, 15) is 0 Å². The summed E-state index contributed by atoms with van der Waals surface area (Å²) in [4.78, 5) is 0. The Morgan fingerprint density at radius 1 is 1.43 bits per heavy atom. The number of nitrogens with one attached hydrogen (secondary N) is 1. The van der Waals surface area contributed by atoms with E-state index in [4.69, 9.17) is 0 Å². The average Bonchev–Trinajstić information content (AvgIpc) is 1.35. The van der Waals surface area contributed by atoms with Gasteiger partial charge in [0.1, 0.15) is 8.24 Å². The van der Waals surface area contributed by atoms with Gasteiger partial charge in [-0.15, -0.1) is 0 Å². The number of rotatable bonds is 1. The van der Waals surface area contributed by atoms with Gasteiger partial charge in [-0.1, -0.05) is 19.6 Å². The minimum absolute atomic E-state index is 0. The minimum Gasteiger partial charge on any atom is -1.00 e. The van der Waals surface area contributed by atoms with Crippen molar-refractivity contribution in [1.29, 1.82) is 0 Å². The van der Waals surface area contributed by atoms with Crippen LogP contribution in [0, 0.1) is 0 Å². The fourth-order valence-corrected chi connectivity index (χ4v) is 0. The molecule has 0 fully saturated rings. The van der Waals surface area contributed by atoms with E-state index in [1.54, 1.807) is 0 Å². The molecule has 0 atom stereocenters. The molecule has 0 aliphatic rings. The fraction of sp³-hybridized carbons (Fsp3) is 1.00. The van der Waals surface area contributed by atoms with Crippen molar-refractivity contribution in [2.75, 3.05) is 0 Å². The van der Waals surface area contributed by atoms with Crippen LogP contribution in [0.5, 0.6) is 0 Å². The second-order valence-corrected chi connectivity index (χ2v) is 9.00. The Labute approximate surface area is 73.6 Å². The van der Waals surface area contributed by atoms with Crippen molar-refractivity contribution in [1.82, 2.24) is 4.65 Å². The van der Waals surface area contributed by atoms with Gasteiger partial charge in [0.25, 0.3) is 0 Å². The third-order valence-corrected chi connectivity index (χ3v) is 6.75. The van der Waals surface area contributed by atoms with E-state index in [1.807, 2.05) is 0 Å². The summed E-state index contributed by atoms with van der Waals surface area (Å²) < 4.78 is 3.38. The first-order chi connectivity index (χ1) is 2.56. The molecule has 0 bridgehead atoms. The zero-order valence-corrected chi connectivity index (χ0v) is 11.0. The van der Waals surface area contributed by atoms with Crippen LogP contribution < -0.4 is 34.2 Å². The minimum atomic E-state index is -0.819. The molecule has 4 heteroatoms. The molecular weight excluding hydrogens is 129 g/mol. The summed E-state index contributed by atoms with van der Waals surface area (Å²) in [6.07, 6.45) is 0. The Morgan fingerprint density at radius 2 is 1.57 bits per heavy atom. The maximum absolute atomic E-state index is 3.38. The molecule has 0 amide bonds. The van der Waals surface area contributed by atoms with E-state index in [-0.39, 0.29) is 31.0 Å². The SMILES string of the molecule is C[Si](C)(C)N[SiH3].[H-].[Na+]. The van der Waals surface area contributed by atoms with Crippen molar-refractivity contribution in [2.45, 2.75) is 19.6 Å². The molecule has 0 saturated heterocycles. The molecule has 0 saturated carbocycles. The van der Waals surface area contributed by atoms with Crippen LogP contribution in [0.1, 0.15) is 1.43 Å². The molecule has 0 spiro atoms. The Morgan fingerprint density at radius 3 is 1.57 bits per heavy atom. The molecule has 1 nitrogen and oxygen atoms in total. The standard InChI is InChI=1S/C3H13NSi2.Na.H/c1-6(2,3)4-5;;/h4H,1-3,5H3;;/q;+1;-1. The summed E-state index contributed by atoms with van der Waals surface area (Å²) in [5.74, 6) is 0. The topological polar surface area (TPSA) is 12.0 Å². The van der Waals surface area contributed by atoms with Crippen LogP contribution >= 0.6 is 0 Å². The van der Waals surface area contributed by atoms with Gasteiger partial charge in [-0.3, -0.25) is 0 Å². The predicted molar refractivity (Wildman–Crippen MR) is 37.5 cm³/mol. The molecule has 0 aliphatic carbocycles. The van der Waals surface area contributed by atoms with Gasteiger partial charge in [-0.2, -0.15) is 0 Å². The Balaban J connectivity index is -0.000000125. The summed E-state index contributed by atoms with van der Waals surface area (Å²) in [6, 6.07) is 0. The first-order valence-corrected chi connectivity index (χ1v) is 6.75. The van der Waals surface area contributed by atoms with Crippen LogP contribution in [0.4, 0.5) is 0 Å². The van der Waals surface area contributed by atoms with Crippen LogP contribution in [0.3, 0.4) is 0 Å². The molecule has 0 aromatic heterocycles. The van der Waals surface area contributed by atoms with Crippen molar-refractivity contribution in [3.63, 3.8) is 0 Å². The zero-order chi connectivity index (χ0) is 5.21. The maximum atomic E-state index is 3.38. The maximum Gasteiger partial charge on any atom is 1.00 e. The van der Waals surface area contributed by atoms with Gasteiger partial charge in [0.05, 0.1) is 10.4 Å². The normalized spacial score (nSPS) is 10.7. The summed E-state index contributed by atoms with van der Waals surface area (Å²) in [6.45, 7) is 6.92. The van der Waals surface area contributed by atoms with Gasteiger partial charge < -0.3 is 6.07 Å². The summed E-state index contributed by atoms with van der Waals surface area (Å²) in [5.41, 5.74) is 0. The predicted octanol–water partition coefficient (Wildman–Crippen LogP) is -3.19. The van der Waals surface area contributed by atoms with Crippen LogP contribution in [-0.2, 0) is 0 Å². The van der Waals surface area contributed by atoms with Gasteiger partial charge in [0.2, 0.25) is 0 Å². The van der Waals surface area contributed by atoms with Crippen molar-refractivity contribution < 1.29 is 31.0 Å². The van der Waals surface area contributed by atoms with Gasteiger partial charge in [-0.05, 0) is 0 Å². The van der Waals surface area contributed by atoms with Gasteiger partial charge in [0, 0.05) is 0 Å². The molecule has 7 heavy (non-hydrogen) atoms. The molecule has 0 aromatic rings. The first-order valence-electron chi connectivity index (χ1n) is 2.25. The quantitative estimate of drug-likeness (QED) is 0.382. The van der Waals surface area contributed by atoms with Gasteiger partial charge in [0.15, 0.2) is 0 Å². The third kappa shape index (κ3) is 11.1. The largest absolute Gasteiger partial charge is 1.00 e. The van der Waals surface area contributed by atoms with Gasteiger partial charge >= 0.3 is 29.6 Å². The molecule has 0 heterocycles. The third-order valence-electron chi connectivity index (χ3n) is 0.750. The first kappa shape index (κ1) is 11.2. The zero-order valence-electron chi connectivity index (χ0n) is 7.00. The average molecular weight is 143 g/mol.